The van der Waals surface area contributed by atoms with Gasteiger partial charge < -0.3 is 24.6 Å². The standard InChI is InChI=1S/C31H30N2O5S/c1-36-27-6-2-3-7-29(27)39-20-26-17-28(22-10-8-21(19-34)9-11-22)38-31(37-26)23-12-14-25(15-13-23)33-30(35)24-5-4-16-32-18-24/h2-16,18,26,28,31,34H,17,19-20H2,1H3,(H,33,35)/t26-,28+,31+/m1/s1. The first-order chi connectivity index (χ1) is 19.1. The zero-order valence-corrected chi connectivity index (χ0v) is 22.3. The van der Waals surface area contributed by atoms with E-state index in [2.05, 4.69) is 10.3 Å². The highest BCUT2D eigenvalue weighted by Crippen LogP contribution is 2.40. The van der Waals surface area contributed by atoms with Crippen LogP contribution in [0, 0.1) is 0 Å². The second kappa shape index (κ2) is 12.9. The largest absolute Gasteiger partial charge is 0.496 e. The predicted molar refractivity (Wildman–Crippen MR) is 151 cm³/mol. The third kappa shape index (κ3) is 6.85. The van der Waals surface area contributed by atoms with Gasteiger partial charge in [-0.1, -0.05) is 48.5 Å². The average Bonchev–Trinajstić information content (AvgIpc) is 3.01. The SMILES string of the molecule is COc1ccccc1SC[C@H]1C[C@@H](c2ccc(CO)cc2)O[C@@H](c2ccc(NC(=O)c3cccnc3)cc2)O1. The van der Waals surface area contributed by atoms with Crippen LogP contribution in [-0.4, -0.2) is 35.0 Å². The van der Waals surface area contributed by atoms with Crippen molar-refractivity contribution in [1.82, 2.24) is 4.98 Å². The molecular formula is C31H30N2O5S. The van der Waals surface area contributed by atoms with Crippen LogP contribution in [0.15, 0.2) is 102 Å². The number of para-hydroxylation sites is 1. The van der Waals surface area contributed by atoms with E-state index in [1.54, 1.807) is 37.2 Å². The van der Waals surface area contributed by atoms with Crippen LogP contribution in [0.5, 0.6) is 5.75 Å². The summed E-state index contributed by atoms with van der Waals surface area (Å²) in [6, 6.07) is 26.7. The summed E-state index contributed by atoms with van der Waals surface area (Å²) in [5.74, 6) is 1.34. The Hall–Kier alpha value is -3.69. The van der Waals surface area contributed by atoms with Gasteiger partial charge in [0, 0.05) is 40.7 Å². The molecule has 8 heteroatoms. The van der Waals surface area contributed by atoms with Crippen molar-refractivity contribution in [3.8, 4) is 5.75 Å². The molecule has 2 N–H and O–H groups in total. The van der Waals surface area contributed by atoms with Gasteiger partial charge in [0.15, 0.2) is 6.29 Å². The monoisotopic (exact) mass is 542 g/mol. The van der Waals surface area contributed by atoms with E-state index in [1.807, 2.05) is 72.8 Å². The minimum Gasteiger partial charge on any atom is -0.496 e. The summed E-state index contributed by atoms with van der Waals surface area (Å²) in [6.07, 6.45) is 3.02. The molecule has 1 fully saturated rings. The number of rotatable bonds is 9. The molecule has 200 valence electrons. The zero-order valence-electron chi connectivity index (χ0n) is 21.5. The number of aliphatic hydroxyl groups excluding tert-OH is 1. The number of ether oxygens (including phenoxy) is 3. The van der Waals surface area contributed by atoms with E-state index in [-0.39, 0.29) is 24.7 Å². The highest BCUT2D eigenvalue weighted by Gasteiger charge is 2.32. The summed E-state index contributed by atoms with van der Waals surface area (Å²) < 4.78 is 18.4. The normalized spacial score (nSPS) is 18.9. The van der Waals surface area contributed by atoms with E-state index < -0.39 is 6.29 Å². The molecular weight excluding hydrogens is 512 g/mol. The number of hydrogen-bond donors (Lipinski definition) is 2. The first-order valence-electron chi connectivity index (χ1n) is 12.7. The van der Waals surface area contributed by atoms with Crippen molar-refractivity contribution in [1.29, 1.82) is 0 Å². The van der Waals surface area contributed by atoms with Gasteiger partial charge in [-0.2, -0.15) is 0 Å². The third-order valence-electron chi connectivity index (χ3n) is 6.47. The predicted octanol–water partition coefficient (Wildman–Crippen LogP) is 6.17. The molecule has 0 radical (unpaired) electrons. The molecule has 5 rings (SSSR count). The van der Waals surface area contributed by atoms with Crippen molar-refractivity contribution >= 4 is 23.4 Å². The molecule has 7 nitrogen and oxygen atoms in total. The lowest BCUT2D eigenvalue weighted by Crippen LogP contribution is -2.31. The first-order valence-corrected chi connectivity index (χ1v) is 13.7. The maximum Gasteiger partial charge on any atom is 0.257 e. The quantitative estimate of drug-likeness (QED) is 0.244. The molecule has 4 aromatic rings. The second-order valence-corrected chi connectivity index (χ2v) is 10.2. The highest BCUT2D eigenvalue weighted by molar-refractivity contribution is 7.99. The fraction of sp³-hybridized carbons (Fsp3) is 0.226. The fourth-order valence-corrected chi connectivity index (χ4v) is 5.42. The molecule has 1 aliphatic heterocycles. The summed E-state index contributed by atoms with van der Waals surface area (Å²) in [5.41, 5.74) is 3.91. The van der Waals surface area contributed by atoms with Crippen LogP contribution in [0.1, 0.15) is 45.9 Å². The molecule has 0 saturated carbocycles. The minimum atomic E-state index is -0.576. The summed E-state index contributed by atoms with van der Waals surface area (Å²) in [5, 5.41) is 12.3. The van der Waals surface area contributed by atoms with E-state index in [0.717, 1.165) is 33.1 Å². The van der Waals surface area contributed by atoms with E-state index in [1.165, 1.54) is 6.20 Å². The molecule has 1 saturated heterocycles. The summed E-state index contributed by atoms with van der Waals surface area (Å²) >= 11 is 1.69. The molecule has 0 bridgehead atoms. The lowest BCUT2D eigenvalue weighted by molar-refractivity contribution is -0.245. The number of nitrogens with zero attached hydrogens (tertiary/aromatic N) is 1. The Kier molecular flexibility index (Phi) is 8.90. The molecule has 0 unspecified atom stereocenters. The minimum absolute atomic E-state index is 0.000610. The van der Waals surface area contributed by atoms with Crippen molar-refractivity contribution in [3.63, 3.8) is 0 Å². The average molecular weight is 543 g/mol. The number of hydrogen-bond acceptors (Lipinski definition) is 7. The Morgan fingerprint density at radius 3 is 2.49 bits per heavy atom. The third-order valence-corrected chi connectivity index (χ3v) is 7.66. The Balaban J connectivity index is 1.32. The van der Waals surface area contributed by atoms with Crippen molar-refractivity contribution in [3.05, 3.63) is 120 Å². The van der Waals surface area contributed by atoms with E-state index in [0.29, 0.717) is 17.7 Å². The number of benzene rings is 3. The fourth-order valence-electron chi connectivity index (χ4n) is 4.37. The number of aromatic nitrogens is 1. The number of anilines is 1. The van der Waals surface area contributed by atoms with Crippen LogP contribution in [0.25, 0.3) is 0 Å². The summed E-state index contributed by atoms with van der Waals surface area (Å²) in [7, 11) is 1.68. The van der Waals surface area contributed by atoms with Gasteiger partial charge in [-0.3, -0.25) is 9.78 Å². The van der Waals surface area contributed by atoms with Crippen molar-refractivity contribution in [2.75, 3.05) is 18.2 Å². The molecule has 3 atom stereocenters. The lowest BCUT2D eigenvalue weighted by atomic mass is 10.0. The number of carbonyl (C=O) groups excluding carboxylic acids is 1. The number of nitrogens with one attached hydrogen (secondary N) is 1. The Labute approximate surface area is 232 Å². The number of aliphatic hydroxyl groups is 1. The van der Waals surface area contributed by atoms with Gasteiger partial charge >= 0.3 is 0 Å². The second-order valence-electron chi connectivity index (χ2n) is 9.13. The lowest BCUT2D eigenvalue weighted by Gasteiger charge is -2.36. The van der Waals surface area contributed by atoms with Gasteiger partial charge in [0.1, 0.15) is 5.75 Å². The van der Waals surface area contributed by atoms with Gasteiger partial charge in [-0.15, -0.1) is 11.8 Å². The van der Waals surface area contributed by atoms with Crippen molar-refractivity contribution < 1.29 is 24.1 Å². The van der Waals surface area contributed by atoms with Crippen LogP contribution in [-0.2, 0) is 16.1 Å². The molecule has 3 aromatic carbocycles. The van der Waals surface area contributed by atoms with Gasteiger partial charge in [0.2, 0.25) is 0 Å². The molecule has 1 amide bonds. The van der Waals surface area contributed by atoms with Gasteiger partial charge in [-0.05, 0) is 47.5 Å². The number of pyridine rings is 1. The molecule has 2 heterocycles. The van der Waals surface area contributed by atoms with Crippen molar-refractivity contribution in [2.45, 2.75) is 36.4 Å². The smallest absolute Gasteiger partial charge is 0.257 e. The zero-order chi connectivity index (χ0) is 27.0. The van der Waals surface area contributed by atoms with Crippen LogP contribution < -0.4 is 10.1 Å². The number of thioether (sulfide) groups is 1. The highest BCUT2D eigenvalue weighted by atomic mass is 32.2. The number of methoxy groups -OCH3 is 1. The van der Waals surface area contributed by atoms with Crippen LogP contribution >= 0.6 is 11.8 Å². The maximum absolute atomic E-state index is 12.5. The molecule has 0 aliphatic carbocycles. The van der Waals surface area contributed by atoms with Crippen LogP contribution in [0.4, 0.5) is 5.69 Å². The molecule has 1 aromatic heterocycles. The first kappa shape index (κ1) is 26.9. The number of carbonyl (C=O) groups is 1. The maximum atomic E-state index is 12.5. The topological polar surface area (TPSA) is 89.9 Å². The number of amides is 1. The molecule has 0 spiro atoms. The Morgan fingerprint density at radius 1 is 1.00 bits per heavy atom. The van der Waals surface area contributed by atoms with Gasteiger partial charge in [0.25, 0.3) is 5.91 Å². The van der Waals surface area contributed by atoms with Gasteiger partial charge in [0.05, 0.1) is 31.5 Å². The van der Waals surface area contributed by atoms with Gasteiger partial charge in [-0.25, -0.2) is 0 Å². The van der Waals surface area contributed by atoms with Crippen molar-refractivity contribution in [2.24, 2.45) is 0 Å². The Bertz CT molecular complexity index is 1370. The Morgan fingerprint density at radius 2 is 1.77 bits per heavy atom. The van der Waals surface area contributed by atoms with E-state index >= 15 is 0 Å². The van der Waals surface area contributed by atoms with Crippen LogP contribution in [0.3, 0.4) is 0 Å². The van der Waals surface area contributed by atoms with E-state index in [9.17, 15) is 9.90 Å². The molecule has 1 aliphatic rings. The van der Waals surface area contributed by atoms with E-state index in [4.69, 9.17) is 14.2 Å². The molecule has 39 heavy (non-hydrogen) atoms. The van der Waals surface area contributed by atoms with Crippen LogP contribution in [0.2, 0.25) is 0 Å². The summed E-state index contributed by atoms with van der Waals surface area (Å²) in [6.45, 7) is -0.000610. The summed E-state index contributed by atoms with van der Waals surface area (Å²) in [4.78, 5) is 17.6.